The smallest absolute Gasteiger partial charge is 0.389 e. The number of carbonyl (C=O) groups excluding carboxylic acids is 1. The number of fused-ring (bicyclic) bond motifs is 3. The SMILES string of the molecule is CC(C)c1cc2c3c(nccc3c1)-c1[c-]c3ccccc3c(CC(C)(C)C)c1O2.CCC(CC)C(=O)/C=C(\O)C(CC)CC(F)(F)F.[Ir]. The Balaban J connectivity index is 0.000000288. The molecule has 4 nitrogen and oxygen atoms in total. The van der Waals surface area contributed by atoms with E-state index in [1.165, 1.54) is 21.9 Å². The minimum atomic E-state index is -4.33. The van der Waals surface area contributed by atoms with Gasteiger partial charge in [0.05, 0.1) is 17.9 Å². The van der Waals surface area contributed by atoms with Crippen molar-refractivity contribution < 1.29 is 47.9 Å². The average Bonchev–Trinajstić information content (AvgIpc) is 3.00. The van der Waals surface area contributed by atoms with Crippen molar-refractivity contribution in [1.29, 1.82) is 0 Å². The van der Waals surface area contributed by atoms with Crippen molar-refractivity contribution >= 4 is 27.3 Å². The van der Waals surface area contributed by atoms with E-state index in [9.17, 15) is 23.1 Å². The molecule has 1 atom stereocenters. The summed E-state index contributed by atoms with van der Waals surface area (Å²) in [6, 6.07) is 18.7. The van der Waals surface area contributed by atoms with Gasteiger partial charge in [-0.3, -0.25) is 9.78 Å². The summed E-state index contributed by atoms with van der Waals surface area (Å²) in [4.78, 5) is 16.5. The van der Waals surface area contributed by atoms with Crippen molar-refractivity contribution in [3.05, 3.63) is 77.7 Å². The number of hydrogen-bond acceptors (Lipinski definition) is 4. The molecular formula is C40H47F3IrNO3-. The predicted molar refractivity (Wildman–Crippen MR) is 185 cm³/mol. The Morgan fingerprint density at radius 3 is 2.23 bits per heavy atom. The minimum absolute atomic E-state index is 0. The number of ketones is 1. The van der Waals surface area contributed by atoms with E-state index in [1.807, 2.05) is 20.0 Å². The van der Waals surface area contributed by atoms with Crippen LogP contribution in [0, 0.1) is 23.3 Å². The van der Waals surface area contributed by atoms with Crippen molar-refractivity contribution in [2.75, 3.05) is 0 Å². The van der Waals surface area contributed by atoms with Crippen molar-refractivity contribution in [2.45, 2.75) is 99.6 Å². The molecule has 2 heterocycles. The van der Waals surface area contributed by atoms with Gasteiger partial charge in [-0.1, -0.05) is 96.2 Å². The van der Waals surface area contributed by atoms with Crippen LogP contribution in [0.1, 0.15) is 98.1 Å². The number of nitrogens with zero attached hydrogens (tertiary/aromatic N) is 1. The van der Waals surface area contributed by atoms with Gasteiger partial charge in [0, 0.05) is 55.3 Å². The molecule has 0 aliphatic carbocycles. The normalized spacial score (nSPS) is 13.5. The van der Waals surface area contributed by atoms with Gasteiger partial charge < -0.3 is 9.84 Å². The summed E-state index contributed by atoms with van der Waals surface area (Å²) in [5, 5.41) is 14.2. The predicted octanol–water partition coefficient (Wildman–Crippen LogP) is 12.1. The summed E-state index contributed by atoms with van der Waals surface area (Å²) < 4.78 is 43.4. The number of halogens is 3. The van der Waals surface area contributed by atoms with E-state index in [-0.39, 0.29) is 43.6 Å². The number of benzene rings is 3. The Morgan fingerprint density at radius 2 is 1.65 bits per heavy atom. The van der Waals surface area contributed by atoms with Crippen molar-refractivity contribution in [2.24, 2.45) is 17.3 Å². The molecule has 3 aromatic carbocycles. The molecule has 0 bridgehead atoms. The van der Waals surface area contributed by atoms with Gasteiger partial charge >= 0.3 is 6.18 Å². The number of aromatic nitrogens is 1. The van der Waals surface area contributed by atoms with Crippen LogP contribution in [0.3, 0.4) is 0 Å². The molecule has 1 aliphatic heterocycles. The van der Waals surface area contributed by atoms with Crippen LogP contribution in [-0.2, 0) is 31.3 Å². The second kappa shape index (κ2) is 16.0. The summed E-state index contributed by atoms with van der Waals surface area (Å²) >= 11 is 0. The molecule has 0 saturated heterocycles. The van der Waals surface area contributed by atoms with E-state index < -0.39 is 24.3 Å². The first-order chi connectivity index (χ1) is 22.1. The third-order valence-corrected chi connectivity index (χ3v) is 8.75. The average molecular weight is 839 g/mol. The minimum Gasteiger partial charge on any atom is -0.512 e. The Labute approximate surface area is 296 Å². The van der Waals surface area contributed by atoms with Crippen LogP contribution in [-0.4, -0.2) is 22.1 Å². The first-order valence-electron chi connectivity index (χ1n) is 16.7. The van der Waals surface area contributed by atoms with Gasteiger partial charge in [0.2, 0.25) is 0 Å². The molecule has 1 unspecified atom stereocenters. The van der Waals surface area contributed by atoms with Crippen molar-refractivity contribution in [3.8, 4) is 22.8 Å². The van der Waals surface area contributed by atoms with E-state index in [2.05, 4.69) is 83.1 Å². The number of pyridine rings is 1. The fourth-order valence-electron chi connectivity index (χ4n) is 6.13. The molecule has 0 amide bonds. The number of allylic oxidation sites excluding steroid dienone is 2. The van der Waals surface area contributed by atoms with Crippen LogP contribution < -0.4 is 4.74 Å². The Kier molecular flexibility index (Phi) is 13.1. The standard InChI is InChI=1S/C27H26NO.C13H21F3O2.Ir/c1-16(2)19-12-18-10-11-28-25-21-13-17-8-6-7-9-20(17)22(15-27(3,4)5)26(21)29-23(14-19)24(18)25;1-4-9(5-2)11(17)7-12(18)10(6-3)8-13(14,15)16;/h6-12,14,16H,15H2,1-5H3;7,9-10,18H,4-6,8H2,1-3H3;/q-1;;/b;12-7-;. The Bertz CT molecular complexity index is 1770. The molecular weight excluding hydrogens is 792 g/mol. The van der Waals surface area contributed by atoms with Gasteiger partial charge in [0.1, 0.15) is 5.75 Å². The number of aliphatic hydroxyl groups is 1. The number of ether oxygens (including phenoxy) is 1. The summed E-state index contributed by atoms with van der Waals surface area (Å²) in [6.45, 7) is 16.5. The third-order valence-electron chi connectivity index (χ3n) is 8.75. The molecule has 261 valence electrons. The zero-order chi connectivity index (χ0) is 34.7. The molecule has 1 N–H and O–H groups in total. The largest absolute Gasteiger partial charge is 0.512 e. The van der Waals surface area contributed by atoms with Crippen molar-refractivity contribution in [1.82, 2.24) is 4.98 Å². The zero-order valence-electron chi connectivity index (χ0n) is 29.1. The third kappa shape index (κ3) is 9.26. The topological polar surface area (TPSA) is 59.4 Å². The number of carbonyl (C=O) groups is 1. The maximum atomic E-state index is 12.3. The van der Waals surface area contributed by atoms with Gasteiger partial charge in [-0.05, 0) is 60.1 Å². The first kappa shape index (κ1) is 39.2. The van der Waals surface area contributed by atoms with E-state index in [1.54, 1.807) is 6.92 Å². The molecule has 0 saturated carbocycles. The van der Waals surface area contributed by atoms with Crippen LogP contribution in [0.2, 0.25) is 0 Å². The molecule has 4 aromatic rings. The number of rotatable bonds is 9. The van der Waals surface area contributed by atoms with Gasteiger partial charge in [0.15, 0.2) is 5.78 Å². The molecule has 1 radical (unpaired) electrons. The van der Waals surface area contributed by atoms with Gasteiger partial charge in [0.25, 0.3) is 0 Å². The molecule has 1 aliphatic rings. The summed E-state index contributed by atoms with van der Waals surface area (Å²) in [5.41, 5.74) is 4.64. The second-order valence-electron chi connectivity index (χ2n) is 14.0. The quantitative estimate of drug-likeness (QED) is 0.0913. The fourth-order valence-corrected chi connectivity index (χ4v) is 6.13. The molecule has 1 aromatic heterocycles. The van der Waals surface area contributed by atoms with Gasteiger partial charge in [-0.2, -0.15) is 13.2 Å². The molecule has 0 fully saturated rings. The first-order valence-corrected chi connectivity index (χ1v) is 16.7. The Hall–Kier alpha value is -3.22. The molecule has 0 spiro atoms. The van der Waals surface area contributed by atoms with Crippen molar-refractivity contribution in [3.63, 3.8) is 0 Å². The fraction of sp³-hybridized carbons (Fsp3) is 0.450. The van der Waals surface area contributed by atoms with Crippen LogP contribution in [0.15, 0.2) is 60.5 Å². The summed E-state index contributed by atoms with van der Waals surface area (Å²) in [5.74, 6) is 0.283. The van der Waals surface area contributed by atoms with E-state index in [0.717, 1.165) is 46.0 Å². The molecule has 5 rings (SSSR count). The molecule has 8 heteroatoms. The van der Waals surface area contributed by atoms with E-state index in [4.69, 9.17) is 9.72 Å². The van der Waals surface area contributed by atoms with Crippen LogP contribution in [0.25, 0.3) is 32.8 Å². The number of alkyl halides is 3. The number of hydrogen-bond donors (Lipinski definition) is 1. The maximum Gasteiger partial charge on any atom is 0.389 e. The van der Waals surface area contributed by atoms with Gasteiger partial charge in [-0.15, -0.1) is 17.5 Å². The summed E-state index contributed by atoms with van der Waals surface area (Å²) in [7, 11) is 0. The van der Waals surface area contributed by atoms with Crippen LogP contribution in [0.5, 0.6) is 11.5 Å². The van der Waals surface area contributed by atoms with E-state index in [0.29, 0.717) is 18.8 Å². The Morgan fingerprint density at radius 1 is 1.00 bits per heavy atom. The molecule has 48 heavy (non-hydrogen) atoms. The zero-order valence-corrected chi connectivity index (χ0v) is 31.5. The summed E-state index contributed by atoms with van der Waals surface area (Å²) in [6.07, 6.45) is -0.227. The monoisotopic (exact) mass is 839 g/mol. The van der Waals surface area contributed by atoms with Crippen LogP contribution >= 0.6 is 0 Å². The van der Waals surface area contributed by atoms with E-state index >= 15 is 0 Å². The number of aliphatic hydroxyl groups excluding tert-OH is 1. The maximum absolute atomic E-state index is 12.3. The van der Waals surface area contributed by atoms with Crippen LogP contribution in [0.4, 0.5) is 13.2 Å². The van der Waals surface area contributed by atoms with Gasteiger partial charge in [-0.25, -0.2) is 0 Å². The second-order valence-corrected chi connectivity index (χ2v) is 14.0.